The number of aromatic nitrogens is 2. The monoisotopic (exact) mass is 379 g/mol. The molecule has 136 valence electrons. The maximum Gasteiger partial charge on any atom is 0.321 e. The molecule has 8 heteroatoms. The summed E-state index contributed by atoms with van der Waals surface area (Å²) in [5, 5.41) is 8.36. The summed E-state index contributed by atoms with van der Waals surface area (Å²) in [6, 6.07) is 10.9. The molecular weight excluding hydrogens is 362 g/mol. The summed E-state index contributed by atoms with van der Waals surface area (Å²) in [4.78, 5) is 34.2. The van der Waals surface area contributed by atoms with E-state index >= 15 is 0 Å². The van der Waals surface area contributed by atoms with Gasteiger partial charge in [-0.1, -0.05) is 0 Å². The van der Waals surface area contributed by atoms with E-state index in [4.69, 9.17) is 0 Å². The van der Waals surface area contributed by atoms with E-state index in [0.717, 1.165) is 22.0 Å². The van der Waals surface area contributed by atoms with Crippen molar-refractivity contribution in [3.8, 4) is 10.6 Å². The van der Waals surface area contributed by atoms with Crippen molar-refractivity contribution in [2.24, 2.45) is 0 Å². The molecule has 0 saturated carbocycles. The van der Waals surface area contributed by atoms with Gasteiger partial charge in [0.25, 0.3) is 0 Å². The van der Waals surface area contributed by atoms with E-state index in [1.54, 1.807) is 29.4 Å². The number of thiazole rings is 1. The van der Waals surface area contributed by atoms with Gasteiger partial charge in [0.05, 0.1) is 12.1 Å². The van der Waals surface area contributed by atoms with Crippen LogP contribution in [0.3, 0.4) is 0 Å². The van der Waals surface area contributed by atoms with Crippen molar-refractivity contribution >= 4 is 34.6 Å². The van der Waals surface area contributed by atoms with Gasteiger partial charge in [-0.25, -0.2) is 9.78 Å². The van der Waals surface area contributed by atoms with E-state index in [2.05, 4.69) is 20.6 Å². The minimum absolute atomic E-state index is 0.0975. The van der Waals surface area contributed by atoms with Crippen LogP contribution >= 0.6 is 11.3 Å². The minimum atomic E-state index is -0.135. The molecule has 1 saturated heterocycles. The largest absolute Gasteiger partial charge is 0.336 e. The van der Waals surface area contributed by atoms with Gasteiger partial charge in [-0.3, -0.25) is 14.7 Å². The molecule has 27 heavy (non-hydrogen) atoms. The van der Waals surface area contributed by atoms with Gasteiger partial charge in [-0.05, 0) is 36.4 Å². The first-order chi connectivity index (χ1) is 13.2. The fraction of sp³-hybridized carbons (Fsp3) is 0.158. The molecule has 0 unspecified atom stereocenters. The first-order valence-corrected chi connectivity index (χ1v) is 9.37. The second-order valence-corrected chi connectivity index (χ2v) is 6.90. The SMILES string of the molecule is O=C(Cc1csc(-c2cccnc2)n1)Nc1ccc(N2CCNC2=O)cc1. The van der Waals surface area contributed by atoms with Crippen LogP contribution < -0.4 is 15.5 Å². The summed E-state index contributed by atoms with van der Waals surface area (Å²) in [6.45, 7) is 1.29. The Hall–Kier alpha value is -3.26. The summed E-state index contributed by atoms with van der Waals surface area (Å²) in [5.74, 6) is -0.135. The van der Waals surface area contributed by atoms with E-state index in [1.807, 2.05) is 29.6 Å². The Balaban J connectivity index is 1.37. The summed E-state index contributed by atoms with van der Waals surface area (Å²) >= 11 is 1.49. The smallest absolute Gasteiger partial charge is 0.321 e. The summed E-state index contributed by atoms with van der Waals surface area (Å²) in [5.41, 5.74) is 3.16. The molecule has 7 nitrogen and oxygen atoms in total. The highest BCUT2D eigenvalue weighted by Crippen LogP contribution is 2.23. The van der Waals surface area contributed by atoms with Crippen LogP contribution in [-0.2, 0) is 11.2 Å². The number of benzene rings is 1. The lowest BCUT2D eigenvalue weighted by Crippen LogP contribution is -2.27. The van der Waals surface area contributed by atoms with Crippen LogP contribution in [0, 0.1) is 0 Å². The Labute approximate surface area is 160 Å². The summed E-state index contributed by atoms with van der Waals surface area (Å²) in [7, 11) is 0. The zero-order valence-corrected chi connectivity index (χ0v) is 15.2. The molecule has 2 aromatic heterocycles. The number of hydrogen-bond donors (Lipinski definition) is 2. The predicted molar refractivity (Wildman–Crippen MR) is 105 cm³/mol. The normalized spacial score (nSPS) is 13.5. The third kappa shape index (κ3) is 3.95. The fourth-order valence-electron chi connectivity index (χ4n) is 2.82. The van der Waals surface area contributed by atoms with Crippen molar-refractivity contribution in [1.82, 2.24) is 15.3 Å². The second kappa shape index (κ2) is 7.55. The molecule has 3 amide bonds. The lowest BCUT2D eigenvalue weighted by molar-refractivity contribution is -0.115. The molecule has 0 bridgehead atoms. The van der Waals surface area contributed by atoms with Gasteiger partial charge in [0.1, 0.15) is 5.01 Å². The van der Waals surface area contributed by atoms with Crippen molar-refractivity contribution in [3.63, 3.8) is 0 Å². The van der Waals surface area contributed by atoms with E-state index < -0.39 is 0 Å². The van der Waals surface area contributed by atoms with Crippen LogP contribution in [0.15, 0.2) is 54.2 Å². The van der Waals surface area contributed by atoms with Crippen LogP contribution in [0.2, 0.25) is 0 Å². The number of carbonyl (C=O) groups excluding carboxylic acids is 2. The molecule has 3 heterocycles. The van der Waals surface area contributed by atoms with Crippen molar-refractivity contribution in [3.05, 3.63) is 59.9 Å². The number of urea groups is 1. The molecule has 0 radical (unpaired) electrons. The molecule has 1 fully saturated rings. The van der Waals surface area contributed by atoms with Gasteiger partial charge in [0.15, 0.2) is 0 Å². The van der Waals surface area contributed by atoms with Gasteiger partial charge in [-0.2, -0.15) is 0 Å². The van der Waals surface area contributed by atoms with Gasteiger partial charge in [0, 0.05) is 47.8 Å². The van der Waals surface area contributed by atoms with E-state index in [9.17, 15) is 9.59 Å². The van der Waals surface area contributed by atoms with Gasteiger partial charge in [0.2, 0.25) is 5.91 Å². The van der Waals surface area contributed by atoms with Crippen LogP contribution in [0.25, 0.3) is 10.6 Å². The van der Waals surface area contributed by atoms with Crippen LogP contribution in [-0.4, -0.2) is 35.0 Å². The summed E-state index contributed by atoms with van der Waals surface area (Å²) in [6.07, 6.45) is 3.67. The topological polar surface area (TPSA) is 87.2 Å². The number of anilines is 2. The Morgan fingerprint density at radius 3 is 2.81 bits per heavy atom. The lowest BCUT2D eigenvalue weighted by atomic mass is 10.2. The number of nitrogens with zero attached hydrogens (tertiary/aromatic N) is 3. The fourth-order valence-corrected chi connectivity index (χ4v) is 3.63. The Bertz CT molecular complexity index is 956. The number of carbonyl (C=O) groups is 2. The summed E-state index contributed by atoms with van der Waals surface area (Å²) < 4.78 is 0. The zero-order chi connectivity index (χ0) is 18.6. The molecule has 0 aliphatic carbocycles. The molecule has 0 spiro atoms. The van der Waals surface area contributed by atoms with Gasteiger partial charge < -0.3 is 10.6 Å². The number of pyridine rings is 1. The molecule has 1 aliphatic heterocycles. The highest BCUT2D eigenvalue weighted by Gasteiger charge is 2.20. The third-order valence-corrected chi connectivity index (χ3v) is 5.06. The van der Waals surface area contributed by atoms with E-state index in [0.29, 0.717) is 18.8 Å². The Kier molecular flexibility index (Phi) is 4.80. The van der Waals surface area contributed by atoms with E-state index in [-0.39, 0.29) is 18.4 Å². The highest BCUT2D eigenvalue weighted by molar-refractivity contribution is 7.13. The zero-order valence-electron chi connectivity index (χ0n) is 14.4. The second-order valence-electron chi connectivity index (χ2n) is 6.04. The molecule has 0 atom stereocenters. The quantitative estimate of drug-likeness (QED) is 0.714. The number of amides is 3. The van der Waals surface area contributed by atoms with Gasteiger partial charge in [-0.15, -0.1) is 11.3 Å². The Morgan fingerprint density at radius 2 is 2.11 bits per heavy atom. The highest BCUT2D eigenvalue weighted by atomic mass is 32.1. The maximum absolute atomic E-state index is 12.3. The number of rotatable bonds is 5. The molecule has 1 aliphatic rings. The molecule has 3 aromatic rings. The third-order valence-electron chi connectivity index (χ3n) is 4.12. The van der Waals surface area contributed by atoms with Crippen LogP contribution in [0.4, 0.5) is 16.2 Å². The average molecular weight is 379 g/mol. The van der Waals surface area contributed by atoms with Crippen molar-refractivity contribution in [1.29, 1.82) is 0 Å². The first-order valence-electron chi connectivity index (χ1n) is 8.49. The maximum atomic E-state index is 12.3. The first kappa shape index (κ1) is 17.2. The molecule has 4 rings (SSSR count). The van der Waals surface area contributed by atoms with Crippen molar-refractivity contribution < 1.29 is 9.59 Å². The predicted octanol–water partition coefficient (Wildman–Crippen LogP) is 2.92. The van der Waals surface area contributed by atoms with Crippen LogP contribution in [0.1, 0.15) is 5.69 Å². The average Bonchev–Trinajstić information content (AvgIpc) is 3.32. The molecule has 1 aromatic carbocycles. The van der Waals surface area contributed by atoms with Gasteiger partial charge >= 0.3 is 6.03 Å². The lowest BCUT2D eigenvalue weighted by Gasteiger charge is -2.14. The Morgan fingerprint density at radius 1 is 1.26 bits per heavy atom. The van der Waals surface area contributed by atoms with Crippen molar-refractivity contribution in [2.45, 2.75) is 6.42 Å². The van der Waals surface area contributed by atoms with Crippen molar-refractivity contribution in [2.75, 3.05) is 23.3 Å². The standard InChI is InChI=1S/C19H17N5O2S/c25-17(10-15-12-27-18(23-15)13-2-1-7-20-11-13)22-14-3-5-16(6-4-14)24-9-8-21-19(24)26/h1-7,11-12H,8-10H2,(H,21,26)(H,22,25). The molecular formula is C19H17N5O2S. The number of nitrogens with one attached hydrogen (secondary N) is 2. The van der Waals surface area contributed by atoms with E-state index in [1.165, 1.54) is 11.3 Å². The minimum Gasteiger partial charge on any atom is -0.336 e. The number of hydrogen-bond acceptors (Lipinski definition) is 5. The van der Waals surface area contributed by atoms with Crippen LogP contribution in [0.5, 0.6) is 0 Å². The molecule has 2 N–H and O–H groups in total.